The number of aliphatic hydroxyl groups is 2. The summed E-state index contributed by atoms with van der Waals surface area (Å²) in [5.74, 6) is 0.945. The van der Waals surface area contributed by atoms with Crippen molar-refractivity contribution in [1.82, 2.24) is 0 Å². The van der Waals surface area contributed by atoms with Gasteiger partial charge in [0.1, 0.15) is 0 Å². The number of rotatable bonds is 11. The lowest BCUT2D eigenvalue weighted by molar-refractivity contribution is -0.148. The highest BCUT2D eigenvalue weighted by molar-refractivity contribution is 5.72. The van der Waals surface area contributed by atoms with Gasteiger partial charge in [-0.2, -0.15) is 0 Å². The number of azide groups is 1. The second kappa shape index (κ2) is 13.6. The lowest BCUT2D eigenvalue weighted by Gasteiger charge is -2.32. The summed E-state index contributed by atoms with van der Waals surface area (Å²) < 4.78 is 5.10. The Morgan fingerprint density at radius 2 is 2.00 bits per heavy atom. The minimum absolute atomic E-state index is 0.00526. The van der Waals surface area contributed by atoms with Crippen molar-refractivity contribution in [1.29, 1.82) is 0 Å². The van der Waals surface area contributed by atoms with E-state index in [0.717, 1.165) is 31.6 Å². The average Bonchev–Trinajstić information content (AvgIpc) is 3.08. The topological polar surface area (TPSA) is 116 Å². The molecule has 0 aromatic heterocycles. The van der Waals surface area contributed by atoms with Gasteiger partial charge in [-0.25, -0.2) is 0 Å². The monoisotopic (exact) mass is 433 g/mol. The van der Waals surface area contributed by atoms with Crippen molar-refractivity contribution < 1.29 is 19.7 Å². The van der Waals surface area contributed by atoms with E-state index in [2.05, 4.69) is 29.1 Å². The largest absolute Gasteiger partial charge is 0.469 e. The van der Waals surface area contributed by atoms with Crippen LogP contribution in [0.1, 0.15) is 64.7 Å². The molecule has 31 heavy (non-hydrogen) atoms. The highest BCUT2D eigenvalue weighted by atomic mass is 16.5. The fraction of sp³-hybridized carbons (Fsp3) is 0.792. The molecule has 0 heterocycles. The number of hydrogen-bond donors (Lipinski definition) is 2. The van der Waals surface area contributed by atoms with Gasteiger partial charge in [0.15, 0.2) is 0 Å². The van der Waals surface area contributed by atoms with Crippen LogP contribution < -0.4 is 0 Å². The molecule has 2 rings (SSSR count). The Morgan fingerprint density at radius 3 is 2.61 bits per heavy atom. The van der Waals surface area contributed by atoms with E-state index >= 15 is 0 Å². The van der Waals surface area contributed by atoms with E-state index in [1.165, 1.54) is 26.4 Å². The number of carbonyl (C=O) groups is 1. The predicted molar refractivity (Wildman–Crippen MR) is 121 cm³/mol. The number of methoxy groups -OCH3 is 1. The van der Waals surface area contributed by atoms with Crippen molar-refractivity contribution in [2.24, 2.45) is 34.7 Å². The lowest BCUT2D eigenvalue weighted by atomic mass is 9.74. The van der Waals surface area contributed by atoms with Gasteiger partial charge in [-0.05, 0) is 61.8 Å². The molecule has 0 saturated heterocycles. The fourth-order valence-electron chi connectivity index (χ4n) is 5.47. The number of esters is 1. The molecule has 2 N–H and O–H groups in total. The van der Waals surface area contributed by atoms with E-state index in [9.17, 15) is 9.90 Å². The van der Waals surface area contributed by atoms with Gasteiger partial charge >= 0.3 is 5.97 Å². The fourth-order valence-corrected chi connectivity index (χ4v) is 5.47. The molecular weight excluding hydrogens is 394 g/mol. The number of nitrogens with zero attached hydrogens (tertiary/aromatic N) is 3. The first-order valence-electron chi connectivity index (χ1n) is 11.8. The first-order chi connectivity index (χ1) is 15.0. The second-order valence-corrected chi connectivity index (χ2v) is 9.03. The Hall–Kier alpha value is -1.82. The van der Waals surface area contributed by atoms with Crippen molar-refractivity contribution >= 4 is 5.97 Å². The molecule has 2 aliphatic carbocycles. The molecule has 0 amide bonds. The normalized spacial score (nSPS) is 32.3. The maximum absolute atomic E-state index is 12.4. The van der Waals surface area contributed by atoms with E-state index in [-0.39, 0.29) is 36.4 Å². The summed E-state index contributed by atoms with van der Waals surface area (Å²) in [4.78, 5) is 15.3. The van der Waals surface area contributed by atoms with Crippen LogP contribution in [0, 0.1) is 29.6 Å². The Labute approximate surface area is 186 Å². The molecule has 2 aliphatic rings. The van der Waals surface area contributed by atoms with E-state index in [0.29, 0.717) is 18.8 Å². The number of allylic oxidation sites excluding steroid dienone is 2. The van der Waals surface area contributed by atoms with E-state index in [4.69, 9.17) is 15.4 Å². The highest BCUT2D eigenvalue weighted by Gasteiger charge is 2.39. The van der Waals surface area contributed by atoms with Gasteiger partial charge in [0, 0.05) is 16.9 Å². The summed E-state index contributed by atoms with van der Waals surface area (Å²) in [6, 6.07) is -0.255. The van der Waals surface area contributed by atoms with Crippen LogP contribution in [0.3, 0.4) is 0 Å². The number of carbonyl (C=O) groups excluding carboxylic acids is 1. The highest BCUT2D eigenvalue weighted by Crippen LogP contribution is 2.39. The van der Waals surface area contributed by atoms with Crippen LogP contribution in [0.2, 0.25) is 0 Å². The molecule has 1 unspecified atom stereocenters. The zero-order valence-electron chi connectivity index (χ0n) is 19.0. The Bertz CT molecular complexity index is 651. The molecule has 174 valence electrons. The minimum atomic E-state index is -0.571. The van der Waals surface area contributed by atoms with Gasteiger partial charge < -0.3 is 14.9 Å². The SMILES string of the molecule is CCC1CCC(C(CCC=CC[C@@H]2[C@@H](C=CCO)[C@H](O)C[C@H]2N=[N+]=[N-])C(=O)OC)CC1. The number of aliphatic hydroxyl groups excluding tert-OH is 2. The van der Waals surface area contributed by atoms with Crippen LogP contribution in [0.4, 0.5) is 0 Å². The van der Waals surface area contributed by atoms with Crippen LogP contribution in [-0.2, 0) is 9.53 Å². The maximum Gasteiger partial charge on any atom is 0.308 e. The van der Waals surface area contributed by atoms with Crippen molar-refractivity contribution in [3.63, 3.8) is 0 Å². The first-order valence-corrected chi connectivity index (χ1v) is 11.8. The quantitative estimate of drug-likeness (QED) is 0.158. The predicted octanol–water partition coefficient (Wildman–Crippen LogP) is 4.94. The van der Waals surface area contributed by atoms with Crippen molar-refractivity contribution in [2.75, 3.05) is 13.7 Å². The summed E-state index contributed by atoms with van der Waals surface area (Å²) in [5.41, 5.74) is 8.85. The van der Waals surface area contributed by atoms with Crippen LogP contribution in [0.15, 0.2) is 29.4 Å². The van der Waals surface area contributed by atoms with Gasteiger partial charge in [0.25, 0.3) is 0 Å². The summed E-state index contributed by atoms with van der Waals surface area (Å²) in [6.07, 6.45) is 15.6. The Kier molecular flexibility index (Phi) is 11.1. The Balaban J connectivity index is 1.92. The van der Waals surface area contributed by atoms with E-state index in [1.54, 1.807) is 6.08 Å². The molecule has 7 heteroatoms. The summed E-state index contributed by atoms with van der Waals surface area (Å²) in [6.45, 7) is 2.17. The molecule has 0 radical (unpaired) electrons. The lowest BCUT2D eigenvalue weighted by Crippen LogP contribution is -2.28. The molecule has 0 bridgehead atoms. The molecule has 2 fully saturated rings. The third-order valence-electron chi connectivity index (χ3n) is 7.34. The standard InChI is InChI=1S/C24H39N3O4/c1-3-17-11-13-18(14-12-17)19(24(30)31-2)8-5-4-6-9-20-21(10-7-15-28)23(29)16-22(20)26-27-25/h4,6-7,10,17-23,28-29H,3,5,8-9,11-16H2,1-2H3/t17?,18?,19?,20-,21-,22-,23-/m1/s1. The van der Waals surface area contributed by atoms with Gasteiger partial charge in [-0.1, -0.05) is 55.6 Å². The number of ether oxygens (including phenoxy) is 1. The van der Waals surface area contributed by atoms with Crippen LogP contribution in [0.5, 0.6) is 0 Å². The average molecular weight is 434 g/mol. The van der Waals surface area contributed by atoms with Gasteiger partial charge in [0.2, 0.25) is 0 Å². The molecule has 7 nitrogen and oxygen atoms in total. The zero-order chi connectivity index (χ0) is 22.6. The molecular formula is C24H39N3O4. The molecule has 2 saturated carbocycles. The summed E-state index contributed by atoms with van der Waals surface area (Å²) in [7, 11) is 1.48. The molecule has 0 aromatic rings. The second-order valence-electron chi connectivity index (χ2n) is 9.03. The van der Waals surface area contributed by atoms with Crippen molar-refractivity contribution in [3.05, 3.63) is 34.7 Å². The van der Waals surface area contributed by atoms with E-state index < -0.39 is 6.10 Å². The van der Waals surface area contributed by atoms with Crippen molar-refractivity contribution in [3.8, 4) is 0 Å². The van der Waals surface area contributed by atoms with Crippen LogP contribution in [0.25, 0.3) is 10.4 Å². The third-order valence-corrected chi connectivity index (χ3v) is 7.34. The molecule has 0 aliphatic heterocycles. The maximum atomic E-state index is 12.4. The van der Waals surface area contributed by atoms with Crippen LogP contribution >= 0.6 is 0 Å². The smallest absolute Gasteiger partial charge is 0.308 e. The summed E-state index contributed by atoms with van der Waals surface area (Å²) >= 11 is 0. The molecule has 0 aromatic carbocycles. The van der Waals surface area contributed by atoms with Gasteiger partial charge in [-0.15, -0.1) is 0 Å². The third kappa shape index (κ3) is 7.37. The number of hydrogen-bond acceptors (Lipinski definition) is 5. The Morgan fingerprint density at radius 1 is 1.26 bits per heavy atom. The minimum Gasteiger partial charge on any atom is -0.469 e. The van der Waals surface area contributed by atoms with Gasteiger partial charge in [0.05, 0.1) is 25.7 Å². The van der Waals surface area contributed by atoms with E-state index in [1.807, 2.05) is 6.08 Å². The van der Waals surface area contributed by atoms with Crippen molar-refractivity contribution in [2.45, 2.75) is 76.9 Å². The summed E-state index contributed by atoms with van der Waals surface area (Å²) in [5, 5.41) is 23.3. The first kappa shape index (κ1) is 25.4. The molecule has 0 spiro atoms. The zero-order valence-corrected chi connectivity index (χ0v) is 19.0. The van der Waals surface area contributed by atoms with Crippen LogP contribution in [-0.4, -0.2) is 42.0 Å². The van der Waals surface area contributed by atoms with Gasteiger partial charge in [-0.3, -0.25) is 4.79 Å². The molecule has 5 atom stereocenters.